The highest BCUT2D eigenvalue weighted by atomic mass is 16.1. The molecule has 2 aromatic heterocycles. The molecule has 0 aliphatic heterocycles. The summed E-state index contributed by atoms with van der Waals surface area (Å²) in [5.41, 5.74) is 5.85. The van der Waals surface area contributed by atoms with Gasteiger partial charge in [-0.1, -0.05) is 42.5 Å². The maximum Gasteiger partial charge on any atom is 0.269 e. The third-order valence-corrected chi connectivity index (χ3v) is 4.80. The molecule has 1 N–H and O–H groups in total. The number of aromatic nitrogens is 4. The van der Waals surface area contributed by atoms with Gasteiger partial charge in [-0.05, 0) is 41.0 Å². The van der Waals surface area contributed by atoms with Crippen molar-refractivity contribution in [3.05, 3.63) is 95.0 Å². The summed E-state index contributed by atoms with van der Waals surface area (Å²) in [5, 5.41) is 8.18. The molecule has 0 atom stereocenters. The van der Waals surface area contributed by atoms with Gasteiger partial charge < -0.3 is 4.57 Å². The second-order valence-electron chi connectivity index (χ2n) is 6.54. The zero-order valence-corrected chi connectivity index (χ0v) is 14.5. The van der Waals surface area contributed by atoms with Crippen LogP contribution in [0.15, 0.2) is 83.9 Å². The minimum atomic E-state index is -0.0991. The van der Waals surface area contributed by atoms with Crippen LogP contribution in [0.4, 0.5) is 0 Å². The molecule has 0 bridgehead atoms. The standard InChI is InChI=1S/C22H16N4O/c27-22-13-23-19-6-1-2-7-21(19)26(22)14-15-4-3-5-16(10-15)17-8-9-18-12-24-25-20(18)11-17/h1-13H,14H2,(H,24,25). The predicted octanol–water partition coefficient (Wildman–Crippen LogP) is 3.99. The van der Waals surface area contributed by atoms with Gasteiger partial charge in [-0.15, -0.1) is 0 Å². The lowest BCUT2D eigenvalue weighted by molar-refractivity contribution is 0.787. The van der Waals surface area contributed by atoms with Crippen molar-refractivity contribution < 1.29 is 0 Å². The van der Waals surface area contributed by atoms with E-state index in [0.29, 0.717) is 6.54 Å². The van der Waals surface area contributed by atoms with Crippen LogP contribution in [-0.2, 0) is 6.54 Å². The number of nitrogens with one attached hydrogen (secondary N) is 1. The Morgan fingerprint density at radius 1 is 0.889 bits per heavy atom. The molecule has 27 heavy (non-hydrogen) atoms. The van der Waals surface area contributed by atoms with E-state index in [-0.39, 0.29) is 5.56 Å². The van der Waals surface area contributed by atoms with Crippen LogP contribution >= 0.6 is 0 Å². The molecule has 3 aromatic carbocycles. The summed E-state index contributed by atoms with van der Waals surface area (Å²) in [6.07, 6.45) is 3.20. The Balaban J connectivity index is 1.57. The normalized spacial score (nSPS) is 11.3. The van der Waals surface area contributed by atoms with Crippen molar-refractivity contribution >= 4 is 21.9 Å². The summed E-state index contributed by atoms with van der Waals surface area (Å²) in [6, 6.07) is 22.2. The van der Waals surface area contributed by atoms with Crippen molar-refractivity contribution in [2.24, 2.45) is 0 Å². The van der Waals surface area contributed by atoms with E-state index >= 15 is 0 Å². The molecule has 5 aromatic rings. The zero-order chi connectivity index (χ0) is 18.2. The molecule has 5 heteroatoms. The molecule has 0 fully saturated rings. The van der Waals surface area contributed by atoms with Crippen LogP contribution < -0.4 is 5.56 Å². The second kappa shape index (κ2) is 6.21. The monoisotopic (exact) mass is 352 g/mol. The van der Waals surface area contributed by atoms with E-state index in [1.165, 1.54) is 6.20 Å². The van der Waals surface area contributed by atoms with E-state index in [1.54, 1.807) is 4.57 Å². The van der Waals surface area contributed by atoms with E-state index in [4.69, 9.17) is 0 Å². The molecule has 5 nitrogen and oxygen atoms in total. The van der Waals surface area contributed by atoms with E-state index < -0.39 is 0 Å². The SMILES string of the molecule is O=c1cnc2ccccc2n1Cc1cccc(-c2ccc3cn[nH]c3c2)c1. The maximum absolute atomic E-state index is 12.4. The van der Waals surface area contributed by atoms with Gasteiger partial charge >= 0.3 is 0 Å². The number of rotatable bonds is 3. The number of nitrogens with zero attached hydrogens (tertiary/aromatic N) is 3. The van der Waals surface area contributed by atoms with E-state index in [9.17, 15) is 4.79 Å². The fourth-order valence-corrected chi connectivity index (χ4v) is 3.43. The Hall–Kier alpha value is -3.73. The number of H-pyrrole nitrogens is 1. The highest BCUT2D eigenvalue weighted by Gasteiger charge is 2.07. The number of aromatic amines is 1. The van der Waals surface area contributed by atoms with Crippen LogP contribution in [0.25, 0.3) is 33.1 Å². The third-order valence-electron chi connectivity index (χ3n) is 4.80. The van der Waals surface area contributed by atoms with Crippen molar-refractivity contribution in [2.45, 2.75) is 6.54 Å². The Morgan fingerprint density at radius 2 is 1.78 bits per heavy atom. The Labute approximate surface area is 154 Å². The molecule has 0 aliphatic carbocycles. The molecule has 0 unspecified atom stereocenters. The van der Waals surface area contributed by atoms with Crippen molar-refractivity contribution in [3.63, 3.8) is 0 Å². The maximum atomic E-state index is 12.4. The van der Waals surface area contributed by atoms with Gasteiger partial charge in [0, 0.05) is 5.39 Å². The van der Waals surface area contributed by atoms with Crippen LogP contribution in [0.1, 0.15) is 5.56 Å². The van der Waals surface area contributed by atoms with Crippen LogP contribution in [0.3, 0.4) is 0 Å². The fourth-order valence-electron chi connectivity index (χ4n) is 3.43. The molecule has 0 aliphatic rings. The predicted molar refractivity (Wildman–Crippen MR) is 107 cm³/mol. The Kier molecular flexibility index (Phi) is 3.57. The topological polar surface area (TPSA) is 63.6 Å². The largest absolute Gasteiger partial charge is 0.301 e. The molecule has 0 saturated carbocycles. The number of fused-ring (bicyclic) bond motifs is 2. The molecule has 0 radical (unpaired) electrons. The fraction of sp³-hybridized carbons (Fsp3) is 0.0455. The minimum Gasteiger partial charge on any atom is -0.301 e. The van der Waals surface area contributed by atoms with E-state index in [1.807, 2.05) is 42.6 Å². The van der Waals surface area contributed by atoms with Gasteiger partial charge in [-0.3, -0.25) is 9.89 Å². The second-order valence-corrected chi connectivity index (χ2v) is 6.54. The first-order chi connectivity index (χ1) is 13.3. The molecular weight excluding hydrogens is 336 g/mol. The summed E-state index contributed by atoms with van der Waals surface area (Å²) < 4.78 is 1.76. The Bertz CT molecular complexity index is 1330. The number of hydrogen-bond donors (Lipinski definition) is 1. The third kappa shape index (κ3) is 2.79. The van der Waals surface area contributed by atoms with Crippen molar-refractivity contribution in [1.29, 1.82) is 0 Å². The summed E-state index contributed by atoms with van der Waals surface area (Å²) >= 11 is 0. The first-order valence-electron chi connectivity index (χ1n) is 8.75. The molecule has 0 amide bonds. The van der Waals surface area contributed by atoms with Gasteiger partial charge in [0.15, 0.2) is 0 Å². The lowest BCUT2D eigenvalue weighted by atomic mass is 10.0. The van der Waals surface area contributed by atoms with Gasteiger partial charge in [-0.25, -0.2) is 4.98 Å². The quantitative estimate of drug-likeness (QED) is 0.534. The van der Waals surface area contributed by atoms with Gasteiger partial charge in [0.1, 0.15) is 0 Å². The molecular formula is C22H16N4O. The molecule has 130 valence electrons. The average molecular weight is 352 g/mol. The van der Waals surface area contributed by atoms with Crippen molar-refractivity contribution in [2.75, 3.05) is 0 Å². The van der Waals surface area contributed by atoms with Gasteiger partial charge in [-0.2, -0.15) is 5.10 Å². The highest BCUT2D eigenvalue weighted by molar-refractivity contribution is 5.83. The average Bonchev–Trinajstić information content (AvgIpc) is 3.18. The summed E-state index contributed by atoms with van der Waals surface area (Å²) in [6.45, 7) is 0.502. The smallest absolute Gasteiger partial charge is 0.269 e. The first kappa shape index (κ1) is 15.5. The van der Waals surface area contributed by atoms with Crippen LogP contribution in [0.5, 0.6) is 0 Å². The summed E-state index contributed by atoms with van der Waals surface area (Å²) in [5.74, 6) is 0. The number of para-hydroxylation sites is 2. The first-order valence-corrected chi connectivity index (χ1v) is 8.75. The van der Waals surface area contributed by atoms with E-state index in [0.717, 1.165) is 38.6 Å². The Morgan fingerprint density at radius 3 is 2.74 bits per heavy atom. The number of benzene rings is 3. The van der Waals surface area contributed by atoms with Crippen LogP contribution in [0.2, 0.25) is 0 Å². The molecule has 5 rings (SSSR count). The molecule has 0 saturated heterocycles. The summed E-state index contributed by atoms with van der Waals surface area (Å²) in [4.78, 5) is 16.6. The van der Waals surface area contributed by atoms with Gasteiger partial charge in [0.05, 0.1) is 35.5 Å². The highest BCUT2D eigenvalue weighted by Crippen LogP contribution is 2.24. The van der Waals surface area contributed by atoms with Gasteiger partial charge in [0.2, 0.25) is 0 Å². The number of hydrogen-bond acceptors (Lipinski definition) is 3. The zero-order valence-electron chi connectivity index (χ0n) is 14.5. The van der Waals surface area contributed by atoms with Crippen LogP contribution in [-0.4, -0.2) is 19.7 Å². The van der Waals surface area contributed by atoms with Crippen molar-refractivity contribution in [1.82, 2.24) is 19.7 Å². The lowest BCUT2D eigenvalue weighted by Gasteiger charge is -2.11. The minimum absolute atomic E-state index is 0.0991. The molecule has 0 spiro atoms. The van der Waals surface area contributed by atoms with E-state index in [2.05, 4.69) is 45.5 Å². The molecule has 2 heterocycles. The van der Waals surface area contributed by atoms with Crippen LogP contribution in [0, 0.1) is 0 Å². The van der Waals surface area contributed by atoms with Gasteiger partial charge in [0.25, 0.3) is 5.56 Å². The lowest BCUT2D eigenvalue weighted by Crippen LogP contribution is -2.21. The van der Waals surface area contributed by atoms with Crippen molar-refractivity contribution in [3.8, 4) is 11.1 Å². The summed E-state index contributed by atoms with van der Waals surface area (Å²) in [7, 11) is 0.